The Labute approximate surface area is 120 Å². The van der Waals surface area contributed by atoms with Crippen LogP contribution in [0.2, 0.25) is 0 Å². The first kappa shape index (κ1) is 16.2. The van der Waals surface area contributed by atoms with Gasteiger partial charge in [0.1, 0.15) is 12.3 Å². The maximum absolute atomic E-state index is 11.7. The molecule has 1 unspecified atom stereocenters. The number of aromatic amines is 1. The predicted molar refractivity (Wildman–Crippen MR) is 72.1 cm³/mol. The normalized spacial score (nSPS) is 28.4. The molecule has 1 aliphatic heterocycles. The van der Waals surface area contributed by atoms with Gasteiger partial charge in [0.15, 0.2) is 0 Å². The van der Waals surface area contributed by atoms with Gasteiger partial charge < -0.3 is 19.3 Å². The van der Waals surface area contributed by atoms with Gasteiger partial charge in [0.2, 0.25) is 7.57 Å². The molecule has 2 radical (unpaired) electrons. The smallest absolute Gasteiger partial charge is 0.330 e. The van der Waals surface area contributed by atoms with Crippen molar-refractivity contribution in [3.05, 3.63) is 32.6 Å². The average molecular weight is 316 g/mol. The lowest BCUT2D eigenvalue weighted by Crippen LogP contribution is -2.33. The van der Waals surface area contributed by atoms with E-state index in [1.165, 1.54) is 13.1 Å². The minimum Gasteiger partial charge on any atom is -0.390 e. The largest absolute Gasteiger partial charge is 0.390 e. The average Bonchev–Trinajstić information content (AvgIpc) is 2.72. The molecule has 0 aliphatic carbocycles. The van der Waals surface area contributed by atoms with Gasteiger partial charge in [-0.05, 0) is 6.92 Å². The molecule has 0 aromatic carbocycles. The number of aromatic nitrogens is 2. The highest BCUT2D eigenvalue weighted by Gasteiger charge is 2.36. The number of nitrogens with zero attached hydrogens (tertiary/aromatic N) is 1. The molecular formula is C10H14BN2O7P. The third kappa shape index (κ3) is 3.93. The van der Waals surface area contributed by atoms with Crippen LogP contribution >= 0.6 is 7.47 Å². The van der Waals surface area contributed by atoms with Crippen molar-refractivity contribution in [2.45, 2.75) is 31.8 Å². The molecule has 9 nitrogen and oxygen atoms in total. The summed E-state index contributed by atoms with van der Waals surface area (Å²) in [4.78, 5) is 34.0. The molecule has 0 amide bonds. The zero-order chi connectivity index (χ0) is 15.8. The van der Waals surface area contributed by atoms with Gasteiger partial charge in [-0.25, -0.2) is 4.79 Å². The fourth-order valence-electron chi connectivity index (χ4n) is 2.02. The third-order valence-corrected chi connectivity index (χ3v) is 3.60. The van der Waals surface area contributed by atoms with Gasteiger partial charge >= 0.3 is 5.69 Å². The Balaban J connectivity index is 2.14. The molecule has 1 aromatic heterocycles. The van der Waals surface area contributed by atoms with Gasteiger partial charge in [0.05, 0.1) is 12.7 Å². The fourth-order valence-corrected chi connectivity index (χ4v) is 2.38. The van der Waals surface area contributed by atoms with E-state index in [2.05, 4.69) is 9.51 Å². The third-order valence-electron chi connectivity index (χ3n) is 3.08. The van der Waals surface area contributed by atoms with Gasteiger partial charge in [-0.3, -0.25) is 18.9 Å². The predicted octanol–water partition coefficient (Wildman–Crippen LogP) is -1.22. The lowest BCUT2D eigenvalue weighted by molar-refractivity contribution is -0.0417. The van der Waals surface area contributed by atoms with Crippen LogP contribution in [0.1, 0.15) is 18.2 Å². The number of ether oxygens (including phenoxy) is 1. The van der Waals surface area contributed by atoms with Crippen molar-refractivity contribution >= 4 is 15.0 Å². The molecule has 4 atom stereocenters. The van der Waals surface area contributed by atoms with E-state index in [4.69, 9.17) is 17.2 Å². The van der Waals surface area contributed by atoms with E-state index in [1.807, 2.05) is 0 Å². The van der Waals surface area contributed by atoms with E-state index in [0.29, 0.717) is 5.56 Å². The van der Waals surface area contributed by atoms with Crippen LogP contribution in [0.5, 0.6) is 0 Å². The Morgan fingerprint density at radius 3 is 2.90 bits per heavy atom. The van der Waals surface area contributed by atoms with Crippen LogP contribution in [0.25, 0.3) is 0 Å². The van der Waals surface area contributed by atoms with Crippen LogP contribution in [0.15, 0.2) is 15.8 Å². The van der Waals surface area contributed by atoms with Crippen LogP contribution in [0.3, 0.4) is 0 Å². The van der Waals surface area contributed by atoms with Crippen LogP contribution in [-0.4, -0.2) is 45.9 Å². The number of aryl methyl sites for hydroxylation is 1. The Morgan fingerprint density at radius 2 is 2.29 bits per heavy atom. The summed E-state index contributed by atoms with van der Waals surface area (Å²) in [6.45, 7) is 1.14. The number of nitrogens with one attached hydrogen (secondary N) is 1. The summed E-state index contributed by atoms with van der Waals surface area (Å²) in [6.07, 6.45) is -1.33. The number of aliphatic hydroxyl groups is 1. The van der Waals surface area contributed by atoms with Gasteiger partial charge in [0, 0.05) is 18.2 Å². The summed E-state index contributed by atoms with van der Waals surface area (Å²) < 4.78 is 21.9. The Kier molecular flexibility index (Phi) is 4.55. The second kappa shape index (κ2) is 5.90. The summed E-state index contributed by atoms with van der Waals surface area (Å²) >= 11 is 0. The Hall–Kier alpha value is -1.19. The topological polar surface area (TPSA) is 131 Å². The summed E-state index contributed by atoms with van der Waals surface area (Å²) in [5.74, 6) is 0. The summed E-state index contributed by atoms with van der Waals surface area (Å²) in [5.41, 5.74) is -0.857. The van der Waals surface area contributed by atoms with Crippen LogP contribution < -0.4 is 11.2 Å². The number of hydrogen-bond donors (Lipinski definition) is 3. The van der Waals surface area contributed by atoms with Gasteiger partial charge in [-0.2, -0.15) is 0 Å². The molecule has 1 aromatic rings. The molecule has 1 saturated heterocycles. The van der Waals surface area contributed by atoms with Crippen LogP contribution in [0.4, 0.5) is 0 Å². The summed E-state index contributed by atoms with van der Waals surface area (Å²) in [7, 11) is 0.655. The van der Waals surface area contributed by atoms with E-state index in [0.717, 1.165) is 4.57 Å². The molecule has 2 heterocycles. The van der Waals surface area contributed by atoms with E-state index in [-0.39, 0.29) is 13.0 Å². The van der Waals surface area contributed by atoms with Crippen LogP contribution in [0, 0.1) is 6.92 Å². The molecule has 1 fully saturated rings. The molecule has 1 aliphatic rings. The highest BCUT2D eigenvalue weighted by Crippen LogP contribution is 2.37. The quantitative estimate of drug-likeness (QED) is 0.468. The molecule has 21 heavy (non-hydrogen) atoms. The monoisotopic (exact) mass is 316 g/mol. The second-order valence-electron chi connectivity index (χ2n) is 4.77. The molecular weight excluding hydrogens is 302 g/mol. The van der Waals surface area contributed by atoms with E-state index in [1.54, 1.807) is 0 Å². The van der Waals surface area contributed by atoms with Crippen molar-refractivity contribution in [1.82, 2.24) is 9.55 Å². The summed E-state index contributed by atoms with van der Waals surface area (Å²) in [6, 6.07) is 0. The maximum Gasteiger partial charge on any atom is 0.330 e. The number of aliphatic hydroxyl groups excluding tert-OH is 1. The molecule has 0 bridgehead atoms. The van der Waals surface area contributed by atoms with Crippen molar-refractivity contribution in [1.29, 1.82) is 0 Å². The lowest BCUT2D eigenvalue weighted by Gasteiger charge is -2.17. The number of rotatable bonds is 4. The molecule has 2 rings (SSSR count). The Morgan fingerprint density at radius 1 is 1.62 bits per heavy atom. The molecule has 11 heteroatoms. The lowest BCUT2D eigenvalue weighted by atomic mass is 10.2. The SMILES string of the molecule is [B]P(=O)(O)OC[C@H]1O[C@@H](n2cc(C)c(=O)[nH]c2=O)C[C@@H]1O. The van der Waals surface area contributed by atoms with Gasteiger partial charge in [0.25, 0.3) is 13.0 Å². The second-order valence-corrected chi connectivity index (χ2v) is 6.16. The molecule has 0 spiro atoms. The van der Waals surface area contributed by atoms with Crippen molar-refractivity contribution < 1.29 is 23.8 Å². The molecule has 3 N–H and O–H groups in total. The minimum atomic E-state index is -4.17. The van der Waals surface area contributed by atoms with Gasteiger partial charge in [-0.15, -0.1) is 0 Å². The highest BCUT2D eigenvalue weighted by molar-refractivity contribution is 7.78. The van der Waals surface area contributed by atoms with E-state index >= 15 is 0 Å². The zero-order valence-electron chi connectivity index (χ0n) is 11.1. The first-order valence-electron chi connectivity index (χ1n) is 6.09. The summed E-state index contributed by atoms with van der Waals surface area (Å²) in [5, 5.41) is 9.83. The minimum absolute atomic E-state index is 0.0692. The molecule has 0 saturated carbocycles. The highest BCUT2D eigenvalue weighted by atomic mass is 31.2. The van der Waals surface area contributed by atoms with E-state index in [9.17, 15) is 19.3 Å². The van der Waals surface area contributed by atoms with Crippen molar-refractivity contribution in [3.8, 4) is 0 Å². The van der Waals surface area contributed by atoms with Crippen LogP contribution in [-0.2, 0) is 13.8 Å². The molecule has 114 valence electrons. The number of H-pyrrole nitrogens is 1. The first-order chi connectivity index (χ1) is 9.67. The maximum atomic E-state index is 11.7. The van der Waals surface area contributed by atoms with Crippen molar-refractivity contribution in [3.63, 3.8) is 0 Å². The van der Waals surface area contributed by atoms with Crippen molar-refractivity contribution in [2.75, 3.05) is 6.61 Å². The number of hydrogen-bond acceptors (Lipinski definition) is 6. The fraction of sp³-hybridized carbons (Fsp3) is 0.600. The van der Waals surface area contributed by atoms with Gasteiger partial charge in [-0.1, -0.05) is 0 Å². The zero-order valence-corrected chi connectivity index (χ0v) is 12.0. The van der Waals surface area contributed by atoms with E-state index < -0.39 is 37.2 Å². The van der Waals surface area contributed by atoms with Crippen molar-refractivity contribution in [2.24, 2.45) is 0 Å². The Bertz CT molecular complexity index is 681. The first-order valence-corrected chi connectivity index (χ1v) is 7.73. The standard InChI is InChI=1S/C10H14BN2O7P/c1-5-3-13(10(16)12-9(5)15)8-2-6(14)7(20-8)4-19-21(11,17)18/h3,6-8,14H,2,4H2,1H3,(H,17,18)(H,12,15,16)/t6-,7+,8+/m0/s1.